The predicted octanol–water partition coefficient (Wildman–Crippen LogP) is 1.54. The number of piperidine rings is 1. The van der Waals surface area contributed by atoms with Crippen LogP contribution in [0.25, 0.3) is 0 Å². The first kappa shape index (κ1) is 22.5. The van der Waals surface area contributed by atoms with Crippen molar-refractivity contribution in [2.45, 2.75) is 44.9 Å². The van der Waals surface area contributed by atoms with Crippen molar-refractivity contribution in [3.8, 4) is 0 Å². The van der Waals surface area contributed by atoms with Gasteiger partial charge in [0.1, 0.15) is 11.6 Å². The first-order valence-electron chi connectivity index (χ1n) is 11.1. The first-order chi connectivity index (χ1) is 14.3. The molecule has 0 aliphatic carbocycles. The molecule has 30 heavy (non-hydrogen) atoms. The average molecular weight is 417 g/mol. The summed E-state index contributed by atoms with van der Waals surface area (Å²) in [6, 6.07) is 2.02. The molecule has 8 heteroatoms. The van der Waals surface area contributed by atoms with Gasteiger partial charge in [-0.15, -0.1) is 0 Å². The lowest BCUT2D eigenvalue weighted by Crippen LogP contribution is -2.44. The molecule has 3 rings (SSSR count). The Balaban J connectivity index is 1.70. The molecule has 0 unspecified atom stereocenters. The molecule has 166 valence electrons. The molecule has 1 aromatic heterocycles. The number of amides is 2. The van der Waals surface area contributed by atoms with Gasteiger partial charge in [0.05, 0.1) is 12.2 Å². The van der Waals surface area contributed by atoms with Crippen molar-refractivity contribution >= 4 is 17.6 Å². The van der Waals surface area contributed by atoms with E-state index in [9.17, 15) is 9.59 Å². The summed E-state index contributed by atoms with van der Waals surface area (Å²) >= 11 is 0. The summed E-state index contributed by atoms with van der Waals surface area (Å²) in [6.45, 7) is 8.67. The number of hydrogen-bond acceptors (Lipinski definition) is 6. The quantitative estimate of drug-likeness (QED) is 0.671. The van der Waals surface area contributed by atoms with Gasteiger partial charge >= 0.3 is 0 Å². The molecule has 0 spiro atoms. The lowest BCUT2D eigenvalue weighted by molar-refractivity contribution is -0.133. The van der Waals surface area contributed by atoms with Crippen LogP contribution in [-0.2, 0) is 9.59 Å². The van der Waals surface area contributed by atoms with E-state index in [0.29, 0.717) is 19.5 Å². The summed E-state index contributed by atoms with van der Waals surface area (Å²) in [5, 5.41) is 0. The number of hydrogen-bond donors (Lipinski definition) is 0. The molecular weight excluding hydrogens is 380 g/mol. The number of likely N-dealkylation sites (tertiary alicyclic amines) is 2. The number of likely N-dealkylation sites (N-methyl/N-ethyl adjacent to an activating group) is 2. The first-order valence-corrected chi connectivity index (χ1v) is 11.1. The molecule has 1 atom stereocenters. The maximum Gasteiger partial charge on any atom is 0.236 e. The summed E-state index contributed by atoms with van der Waals surface area (Å²) in [6.07, 6.45) is 2.27. The summed E-state index contributed by atoms with van der Waals surface area (Å²) in [4.78, 5) is 42.3. The molecule has 8 nitrogen and oxygen atoms in total. The predicted molar refractivity (Wildman–Crippen MR) is 118 cm³/mol. The van der Waals surface area contributed by atoms with Crippen molar-refractivity contribution in [3.63, 3.8) is 0 Å². The number of anilines is 1. The average Bonchev–Trinajstić information content (AvgIpc) is 3.10. The van der Waals surface area contributed by atoms with E-state index in [2.05, 4.69) is 18.7 Å². The molecule has 2 saturated heterocycles. The summed E-state index contributed by atoms with van der Waals surface area (Å²) in [7, 11) is 5.81. The molecule has 2 fully saturated rings. The van der Waals surface area contributed by atoms with E-state index >= 15 is 0 Å². The maximum atomic E-state index is 12.6. The Kier molecular flexibility index (Phi) is 7.28. The van der Waals surface area contributed by atoms with Crippen molar-refractivity contribution in [1.29, 1.82) is 0 Å². The third-order valence-electron chi connectivity index (χ3n) is 6.43. The second kappa shape index (κ2) is 9.73. The van der Waals surface area contributed by atoms with E-state index in [-0.39, 0.29) is 23.7 Å². The lowest BCUT2D eigenvalue weighted by atomic mass is 9.95. The van der Waals surface area contributed by atoms with E-state index in [1.807, 2.05) is 37.0 Å². The van der Waals surface area contributed by atoms with E-state index < -0.39 is 0 Å². The maximum absolute atomic E-state index is 12.6. The standard InChI is InChI=1S/C22H36N6O2/c1-6-27(7-2)15-21(30)28-10-8-16(9-11-28)22-23-18(13-19(24-22)25(3)4)17-12-20(29)26(5)14-17/h13,16-17H,6-12,14-15H2,1-5H3/t17-/m0/s1. The third kappa shape index (κ3) is 5.09. The van der Waals surface area contributed by atoms with E-state index in [1.54, 1.807) is 4.90 Å². The van der Waals surface area contributed by atoms with Crippen LogP contribution >= 0.6 is 0 Å². The minimum atomic E-state index is 0.124. The van der Waals surface area contributed by atoms with Gasteiger partial charge in [-0.1, -0.05) is 13.8 Å². The molecule has 0 aromatic carbocycles. The van der Waals surface area contributed by atoms with Gasteiger partial charge in [0.25, 0.3) is 0 Å². The van der Waals surface area contributed by atoms with Crippen molar-refractivity contribution in [1.82, 2.24) is 24.7 Å². The van der Waals surface area contributed by atoms with Gasteiger partial charge in [0, 0.05) is 65.1 Å². The van der Waals surface area contributed by atoms with Gasteiger partial charge in [-0.2, -0.15) is 0 Å². The molecule has 2 aliphatic rings. The molecule has 0 bridgehead atoms. The monoisotopic (exact) mass is 416 g/mol. The fourth-order valence-corrected chi connectivity index (χ4v) is 4.28. The molecule has 0 saturated carbocycles. The molecule has 2 aliphatic heterocycles. The van der Waals surface area contributed by atoms with Gasteiger partial charge < -0.3 is 14.7 Å². The Hall–Kier alpha value is -2.22. The minimum absolute atomic E-state index is 0.124. The smallest absolute Gasteiger partial charge is 0.236 e. The van der Waals surface area contributed by atoms with Gasteiger partial charge in [-0.05, 0) is 25.9 Å². The molecule has 2 amide bonds. The zero-order valence-corrected chi connectivity index (χ0v) is 19.1. The van der Waals surface area contributed by atoms with Crippen LogP contribution in [0.5, 0.6) is 0 Å². The topological polar surface area (TPSA) is 72.9 Å². The van der Waals surface area contributed by atoms with E-state index in [1.165, 1.54) is 0 Å². The largest absolute Gasteiger partial charge is 0.363 e. The van der Waals surface area contributed by atoms with Gasteiger partial charge in [0.2, 0.25) is 11.8 Å². The number of aromatic nitrogens is 2. The minimum Gasteiger partial charge on any atom is -0.363 e. The Labute approximate surface area is 180 Å². The second-order valence-electron chi connectivity index (χ2n) is 8.70. The van der Waals surface area contributed by atoms with Crippen LogP contribution < -0.4 is 4.90 Å². The molecule has 0 N–H and O–H groups in total. The zero-order chi connectivity index (χ0) is 21.8. The Morgan fingerprint density at radius 3 is 2.33 bits per heavy atom. The number of rotatable bonds is 7. The number of nitrogens with zero attached hydrogens (tertiary/aromatic N) is 6. The SMILES string of the molecule is CCN(CC)CC(=O)N1CCC(c2nc([C@H]3CC(=O)N(C)C3)cc(N(C)C)n2)CC1. The molecule has 3 heterocycles. The van der Waals surface area contributed by atoms with Gasteiger partial charge in [0.15, 0.2) is 0 Å². The van der Waals surface area contributed by atoms with Gasteiger partial charge in [-0.3, -0.25) is 14.5 Å². The highest BCUT2D eigenvalue weighted by Gasteiger charge is 2.31. The Morgan fingerprint density at radius 2 is 1.80 bits per heavy atom. The van der Waals surface area contributed by atoms with Crippen molar-refractivity contribution in [2.24, 2.45) is 0 Å². The van der Waals surface area contributed by atoms with E-state index in [0.717, 1.165) is 56.4 Å². The van der Waals surface area contributed by atoms with Crippen molar-refractivity contribution in [3.05, 3.63) is 17.6 Å². The fraction of sp³-hybridized carbons (Fsp3) is 0.727. The summed E-state index contributed by atoms with van der Waals surface area (Å²) < 4.78 is 0. The van der Waals surface area contributed by atoms with Gasteiger partial charge in [-0.25, -0.2) is 9.97 Å². The number of carbonyl (C=O) groups excluding carboxylic acids is 2. The van der Waals surface area contributed by atoms with Crippen molar-refractivity contribution in [2.75, 3.05) is 65.3 Å². The van der Waals surface area contributed by atoms with Crippen LogP contribution in [0.3, 0.4) is 0 Å². The lowest BCUT2D eigenvalue weighted by Gasteiger charge is -2.33. The summed E-state index contributed by atoms with van der Waals surface area (Å²) in [5.41, 5.74) is 0.960. The highest BCUT2D eigenvalue weighted by atomic mass is 16.2. The summed E-state index contributed by atoms with van der Waals surface area (Å²) in [5.74, 6) is 2.50. The van der Waals surface area contributed by atoms with Crippen LogP contribution in [0.4, 0.5) is 5.82 Å². The molecular formula is C22H36N6O2. The molecule has 0 radical (unpaired) electrons. The highest BCUT2D eigenvalue weighted by Crippen LogP contribution is 2.31. The normalized spacial score (nSPS) is 20.3. The van der Waals surface area contributed by atoms with Crippen LogP contribution in [0.2, 0.25) is 0 Å². The Bertz CT molecular complexity index is 756. The highest BCUT2D eigenvalue weighted by molar-refractivity contribution is 5.79. The fourth-order valence-electron chi connectivity index (χ4n) is 4.28. The zero-order valence-electron chi connectivity index (χ0n) is 19.1. The second-order valence-corrected chi connectivity index (χ2v) is 8.70. The van der Waals surface area contributed by atoms with E-state index in [4.69, 9.17) is 9.97 Å². The van der Waals surface area contributed by atoms with Crippen molar-refractivity contribution < 1.29 is 9.59 Å². The van der Waals surface area contributed by atoms with Crippen LogP contribution in [0.1, 0.15) is 56.5 Å². The van der Waals surface area contributed by atoms with Crippen LogP contribution in [0, 0.1) is 0 Å². The number of carbonyl (C=O) groups is 2. The third-order valence-corrected chi connectivity index (χ3v) is 6.43. The molecule has 1 aromatic rings. The Morgan fingerprint density at radius 1 is 1.13 bits per heavy atom. The van der Waals surface area contributed by atoms with Crippen LogP contribution in [-0.4, -0.2) is 96.9 Å². The van der Waals surface area contributed by atoms with Crippen LogP contribution in [0.15, 0.2) is 6.07 Å².